The molecule has 0 aliphatic carbocycles. The molecule has 1 unspecified atom stereocenters. The van der Waals surface area contributed by atoms with Crippen molar-refractivity contribution in [3.05, 3.63) is 64.7 Å². The first-order chi connectivity index (χ1) is 14.5. The number of hydrogen-bond donors (Lipinski definition) is 1. The normalized spacial score (nSPS) is 16.4. The molecule has 154 valence electrons. The molecule has 1 atom stereocenters. The van der Waals surface area contributed by atoms with E-state index in [4.69, 9.17) is 0 Å². The second kappa shape index (κ2) is 8.44. The summed E-state index contributed by atoms with van der Waals surface area (Å²) < 4.78 is 1.44. The number of nitrogens with zero attached hydrogens (tertiary/aromatic N) is 4. The molecule has 30 heavy (non-hydrogen) atoms. The smallest absolute Gasteiger partial charge is 0.269 e. The number of amides is 2. The number of fused-ring (bicyclic) bond motifs is 1. The third kappa shape index (κ3) is 4.22. The molecule has 1 fully saturated rings. The van der Waals surface area contributed by atoms with Crippen molar-refractivity contribution in [3.8, 4) is 0 Å². The Labute approximate surface area is 173 Å². The summed E-state index contributed by atoms with van der Waals surface area (Å²) in [4.78, 5) is 48.0. The zero-order valence-corrected chi connectivity index (χ0v) is 16.7. The largest absolute Gasteiger partial charge is 0.340 e. The number of aryl methyl sites for hydroxylation is 1. The lowest BCUT2D eigenvalue weighted by molar-refractivity contribution is -0.135. The molecule has 2 aromatic heterocycles. The number of likely N-dealkylation sites (tertiary alicyclic amines) is 1. The van der Waals surface area contributed by atoms with Gasteiger partial charge in [0.25, 0.3) is 5.56 Å². The molecule has 0 saturated carbocycles. The lowest BCUT2D eigenvalue weighted by Crippen LogP contribution is -2.45. The van der Waals surface area contributed by atoms with Crippen LogP contribution < -0.4 is 10.9 Å². The van der Waals surface area contributed by atoms with Crippen LogP contribution in [0, 0.1) is 12.8 Å². The third-order valence-electron chi connectivity index (χ3n) is 5.33. The van der Waals surface area contributed by atoms with Gasteiger partial charge in [-0.05, 0) is 44.0 Å². The van der Waals surface area contributed by atoms with Crippen LogP contribution in [0.25, 0.3) is 11.0 Å². The lowest BCUT2D eigenvalue weighted by atomic mass is 9.97. The van der Waals surface area contributed by atoms with Gasteiger partial charge in [0.05, 0.1) is 23.1 Å². The van der Waals surface area contributed by atoms with Gasteiger partial charge in [0.2, 0.25) is 11.8 Å². The standard InChI is InChI=1S/C22H23N5O3/c1-15-6-4-10-19(24-15)25-22(30)16-7-5-11-26(13-16)21(29)14-27-18-9-3-2-8-17(18)23-12-20(27)28/h2-4,6,8-10,12,16H,5,7,11,13-14H2,1H3,(H,24,25,30). The summed E-state index contributed by atoms with van der Waals surface area (Å²) in [6.45, 7) is 2.69. The number of aromatic nitrogens is 3. The molecule has 2 amide bonds. The van der Waals surface area contributed by atoms with E-state index in [0.29, 0.717) is 36.4 Å². The number of pyridine rings is 1. The molecule has 3 heterocycles. The Morgan fingerprint density at radius 3 is 2.83 bits per heavy atom. The zero-order valence-electron chi connectivity index (χ0n) is 16.7. The van der Waals surface area contributed by atoms with E-state index in [0.717, 1.165) is 12.1 Å². The highest BCUT2D eigenvalue weighted by Crippen LogP contribution is 2.19. The van der Waals surface area contributed by atoms with Crippen molar-refractivity contribution in [2.45, 2.75) is 26.3 Å². The molecular weight excluding hydrogens is 382 g/mol. The number of carbonyl (C=O) groups excluding carboxylic acids is 2. The highest BCUT2D eigenvalue weighted by molar-refractivity contribution is 5.92. The fourth-order valence-corrected chi connectivity index (χ4v) is 3.77. The third-order valence-corrected chi connectivity index (χ3v) is 5.33. The average Bonchev–Trinajstić information content (AvgIpc) is 2.76. The van der Waals surface area contributed by atoms with E-state index in [1.165, 1.54) is 10.8 Å². The van der Waals surface area contributed by atoms with Gasteiger partial charge in [-0.1, -0.05) is 18.2 Å². The van der Waals surface area contributed by atoms with Crippen LogP contribution in [-0.2, 0) is 16.1 Å². The van der Waals surface area contributed by atoms with Crippen LogP contribution in [0.4, 0.5) is 5.82 Å². The maximum atomic E-state index is 12.9. The van der Waals surface area contributed by atoms with Crippen LogP contribution in [0.1, 0.15) is 18.5 Å². The van der Waals surface area contributed by atoms with E-state index in [9.17, 15) is 14.4 Å². The van der Waals surface area contributed by atoms with Crippen LogP contribution in [0.3, 0.4) is 0 Å². The molecule has 0 radical (unpaired) electrons. The number of para-hydroxylation sites is 2. The van der Waals surface area contributed by atoms with E-state index in [1.807, 2.05) is 31.2 Å². The Hall–Kier alpha value is -3.55. The fraction of sp³-hybridized carbons (Fsp3) is 0.318. The molecule has 8 nitrogen and oxygen atoms in total. The second-order valence-corrected chi connectivity index (χ2v) is 7.50. The summed E-state index contributed by atoms with van der Waals surface area (Å²) in [5.41, 5.74) is 1.78. The highest BCUT2D eigenvalue weighted by atomic mass is 16.2. The van der Waals surface area contributed by atoms with E-state index >= 15 is 0 Å². The van der Waals surface area contributed by atoms with Crippen molar-refractivity contribution in [1.29, 1.82) is 0 Å². The van der Waals surface area contributed by atoms with E-state index in [1.54, 1.807) is 23.1 Å². The molecule has 1 aliphatic heterocycles. The summed E-state index contributed by atoms with van der Waals surface area (Å²) in [6.07, 6.45) is 2.67. The quantitative estimate of drug-likeness (QED) is 0.716. The predicted molar refractivity (Wildman–Crippen MR) is 113 cm³/mol. The molecular formula is C22H23N5O3. The Balaban J connectivity index is 1.46. The summed E-state index contributed by atoms with van der Waals surface area (Å²) in [7, 11) is 0. The van der Waals surface area contributed by atoms with Gasteiger partial charge in [-0.15, -0.1) is 0 Å². The minimum Gasteiger partial charge on any atom is -0.340 e. The van der Waals surface area contributed by atoms with Gasteiger partial charge >= 0.3 is 0 Å². The van der Waals surface area contributed by atoms with Gasteiger partial charge in [0, 0.05) is 18.8 Å². The summed E-state index contributed by atoms with van der Waals surface area (Å²) in [6, 6.07) is 12.7. The van der Waals surface area contributed by atoms with Crippen LogP contribution in [0.2, 0.25) is 0 Å². The van der Waals surface area contributed by atoms with Crippen LogP contribution >= 0.6 is 0 Å². The molecule has 0 bridgehead atoms. The average molecular weight is 405 g/mol. The van der Waals surface area contributed by atoms with Gasteiger partial charge in [-0.2, -0.15) is 0 Å². The molecule has 0 spiro atoms. The minimum absolute atomic E-state index is 0.0738. The second-order valence-electron chi connectivity index (χ2n) is 7.50. The first-order valence-electron chi connectivity index (χ1n) is 9.98. The van der Waals surface area contributed by atoms with Gasteiger partial charge in [0.1, 0.15) is 12.4 Å². The number of hydrogen-bond acceptors (Lipinski definition) is 5. The van der Waals surface area contributed by atoms with Crippen molar-refractivity contribution >= 4 is 28.7 Å². The van der Waals surface area contributed by atoms with Crippen molar-refractivity contribution in [3.63, 3.8) is 0 Å². The number of piperidine rings is 1. The van der Waals surface area contributed by atoms with Crippen LogP contribution in [-0.4, -0.2) is 44.3 Å². The Morgan fingerprint density at radius 1 is 1.17 bits per heavy atom. The maximum Gasteiger partial charge on any atom is 0.269 e. The van der Waals surface area contributed by atoms with Gasteiger partial charge in [-0.25, -0.2) is 9.97 Å². The van der Waals surface area contributed by atoms with Crippen molar-refractivity contribution in [2.24, 2.45) is 5.92 Å². The van der Waals surface area contributed by atoms with Crippen LogP contribution in [0.5, 0.6) is 0 Å². The lowest BCUT2D eigenvalue weighted by Gasteiger charge is -2.32. The van der Waals surface area contributed by atoms with Crippen molar-refractivity contribution in [2.75, 3.05) is 18.4 Å². The molecule has 1 saturated heterocycles. The van der Waals surface area contributed by atoms with Crippen molar-refractivity contribution in [1.82, 2.24) is 19.4 Å². The van der Waals surface area contributed by atoms with E-state index < -0.39 is 0 Å². The molecule has 8 heteroatoms. The summed E-state index contributed by atoms with van der Waals surface area (Å²) in [5.74, 6) is -0.120. The monoisotopic (exact) mass is 405 g/mol. The van der Waals surface area contributed by atoms with Gasteiger partial charge < -0.3 is 10.2 Å². The zero-order chi connectivity index (χ0) is 21.1. The molecule has 1 aliphatic rings. The Morgan fingerprint density at radius 2 is 2.00 bits per heavy atom. The Kier molecular flexibility index (Phi) is 5.56. The minimum atomic E-state index is -0.320. The number of anilines is 1. The molecule has 4 rings (SSSR count). The summed E-state index contributed by atoms with van der Waals surface area (Å²) in [5, 5.41) is 2.84. The van der Waals surface area contributed by atoms with Crippen LogP contribution in [0.15, 0.2) is 53.5 Å². The summed E-state index contributed by atoms with van der Waals surface area (Å²) >= 11 is 0. The van der Waals surface area contributed by atoms with Gasteiger partial charge in [0.15, 0.2) is 0 Å². The topological polar surface area (TPSA) is 97.2 Å². The Bertz CT molecular complexity index is 1160. The van der Waals surface area contributed by atoms with E-state index in [2.05, 4.69) is 15.3 Å². The highest BCUT2D eigenvalue weighted by Gasteiger charge is 2.29. The fourth-order valence-electron chi connectivity index (χ4n) is 3.77. The number of rotatable bonds is 4. The molecule has 1 N–H and O–H groups in total. The molecule has 1 aromatic carbocycles. The van der Waals surface area contributed by atoms with E-state index in [-0.39, 0.29) is 29.8 Å². The maximum absolute atomic E-state index is 12.9. The van der Waals surface area contributed by atoms with Crippen molar-refractivity contribution < 1.29 is 9.59 Å². The van der Waals surface area contributed by atoms with Gasteiger partial charge in [-0.3, -0.25) is 19.0 Å². The first-order valence-corrected chi connectivity index (χ1v) is 9.98. The number of benzene rings is 1. The number of carbonyl (C=O) groups is 2. The SMILES string of the molecule is Cc1cccc(NC(=O)C2CCCN(C(=O)Cn3c(=O)cnc4ccccc43)C2)n1. The first kappa shape index (κ1) is 19.8. The molecule has 3 aromatic rings. The predicted octanol–water partition coefficient (Wildman–Crippen LogP) is 1.98. The number of nitrogens with one attached hydrogen (secondary N) is 1.